The Balaban J connectivity index is 2.12. The van der Waals surface area contributed by atoms with E-state index in [2.05, 4.69) is 10.1 Å². The Bertz CT molecular complexity index is 693. The van der Waals surface area contributed by atoms with E-state index in [1.807, 2.05) is 41.1 Å². The van der Waals surface area contributed by atoms with Gasteiger partial charge in [-0.25, -0.2) is 4.68 Å². The number of aromatic nitrogens is 3. The van der Waals surface area contributed by atoms with Crippen molar-refractivity contribution in [2.24, 2.45) is 0 Å². The maximum atomic E-state index is 11.1. The zero-order valence-electron chi connectivity index (χ0n) is 9.58. The van der Waals surface area contributed by atoms with Crippen LogP contribution in [0.1, 0.15) is 0 Å². The van der Waals surface area contributed by atoms with Gasteiger partial charge in [-0.05, 0) is 24.3 Å². The molecule has 4 heteroatoms. The molecular weight excluding hydrogens is 226 g/mol. The maximum absolute atomic E-state index is 11.1. The molecular formula is C14H11N3O. The standard InChI is InChI=1S/C14H11N3O/c18-14-7-6-11(10-15-14)13-8-9-16-17(13)12-4-2-1-3-5-12/h1-10H,(H,15,18). The second-order valence-electron chi connectivity index (χ2n) is 3.91. The summed E-state index contributed by atoms with van der Waals surface area (Å²) < 4.78 is 1.84. The summed E-state index contributed by atoms with van der Waals surface area (Å²) in [6.07, 6.45) is 3.44. The lowest BCUT2D eigenvalue weighted by Crippen LogP contribution is -2.03. The van der Waals surface area contributed by atoms with E-state index in [9.17, 15) is 4.79 Å². The molecule has 0 aliphatic rings. The summed E-state index contributed by atoms with van der Waals surface area (Å²) in [7, 11) is 0. The summed E-state index contributed by atoms with van der Waals surface area (Å²) in [5, 5.41) is 4.31. The number of aromatic amines is 1. The molecule has 0 spiro atoms. The molecule has 2 aromatic heterocycles. The fourth-order valence-electron chi connectivity index (χ4n) is 1.87. The smallest absolute Gasteiger partial charge is 0.247 e. The molecule has 2 heterocycles. The predicted octanol–water partition coefficient (Wildman–Crippen LogP) is 2.23. The second kappa shape index (κ2) is 4.33. The zero-order chi connectivity index (χ0) is 12.4. The number of benzene rings is 1. The van der Waals surface area contributed by atoms with Gasteiger partial charge in [0.05, 0.1) is 17.6 Å². The Morgan fingerprint density at radius 1 is 1.00 bits per heavy atom. The van der Waals surface area contributed by atoms with Crippen molar-refractivity contribution < 1.29 is 0 Å². The normalized spacial score (nSPS) is 10.4. The fourth-order valence-corrected chi connectivity index (χ4v) is 1.87. The molecule has 0 fully saturated rings. The summed E-state index contributed by atoms with van der Waals surface area (Å²) in [5.74, 6) is 0. The second-order valence-corrected chi connectivity index (χ2v) is 3.91. The number of para-hydroxylation sites is 1. The van der Waals surface area contributed by atoms with E-state index < -0.39 is 0 Å². The third kappa shape index (κ3) is 1.84. The van der Waals surface area contributed by atoms with Crippen molar-refractivity contribution in [3.05, 3.63) is 71.3 Å². The monoisotopic (exact) mass is 237 g/mol. The number of rotatable bonds is 2. The topological polar surface area (TPSA) is 50.7 Å². The van der Waals surface area contributed by atoms with Gasteiger partial charge >= 0.3 is 0 Å². The van der Waals surface area contributed by atoms with E-state index in [0.29, 0.717) is 0 Å². The summed E-state index contributed by atoms with van der Waals surface area (Å²) in [6.45, 7) is 0. The molecule has 3 rings (SSSR count). The SMILES string of the molecule is O=c1ccc(-c2ccnn2-c2ccccc2)c[nH]1. The van der Waals surface area contributed by atoms with E-state index in [4.69, 9.17) is 0 Å². The lowest BCUT2D eigenvalue weighted by atomic mass is 10.2. The van der Waals surface area contributed by atoms with Gasteiger partial charge in [0.2, 0.25) is 5.56 Å². The highest BCUT2D eigenvalue weighted by Gasteiger charge is 2.06. The minimum atomic E-state index is -0.107. The van der Waals surface area contributed by atoms with E-state index in [-0.39, 0.29) is 5.56 Å². The molecule has 0 saturated carbocycles. The minimum Gasteiger partial charge on any atom is -0.328 e. The lowest BCUT2D eigenvalue weighted by molar-refractivity contribution is 0.887. The van der Waals surface area contributed by atoms with E-state index >= 15 is 0 Å². The molecule has 3 aromatic rings. The van der Waals surface area contributed by atoms with Crippen LogP contribution in [-0.2, 0) is 0 Å². The van der Waals surface area contributed by atoms with Gasteiger partial charge < -0.3 is 4.98 Å². The Hall–Kier alpha value is -2.62. The largest absolute Gasteiger partial charge is 0.328 e. The van der Waals surface area contributed by atoms with Crippen molar-refractivity contribution in [2.75, 3.05) is 0 Å². The molecule has 0 aliphatic heterocycles. The average molecular weight is 237 g/mol. The quantitative estimate of drug-likeness (QED) is 0.743. The molecule has 1 N–H and O–H groups in total. The molecule has 0 saturated heterocycles. The fraction of sp³-hybridized carbons (Fsp3) is 0. The van der Waals surface area contributed by atoms with Crippen molar-refractivity contribution >= 4 is 0 Å². The Labute approximate surface area is 104 Å². The third-order valence-electron chi connectivity index (χ3n) is 2.72. The number of nitrogens with zero attached hydrogens (tertiary/aromatic N) is 2. The van der Waals surface area contributed by atoms with Gasteiger partial charge in [-0.15, -0.1) is 0 Å². The van der Waals surface area contributed by atoms with Crippen LogP contribution in [0.2, 0.25) is 0 Å². The highest BCUT2D eigenvalue weighted by atomic mass is 16.1. The highest BCUT2D eigenvalue weighted by Crippen LogP contribution is 2.20. The van der Waals surface area contributed by atoms with Crippen LogP contribution in [0.4, 0.5) is 0 Å². The van der Waals surface area contributed by atoms with Gasteiger partial charge in [0, 0.05) is 17.8 Å². The van der Waals surface area contributed by atoms with E-state index in [1.54, 1.807) is 18.5 Å². The van der Waals surface area contributed by atoms with Crippen LogP contribution in [0.3, 0.4) is 0 Å². The van der Waals surface area contributed by atoms with E-state index in [0.717, 1.165) is 16.9 Å². The molecule has 88 valence electrons. The van der Waals surface area contributed by atoms with Crippen molar-refractivity contribution in [2.45, 2.75) is 0 Å². The zero-order valence-corrected chi connectivity index (χ0v) is 9.58. The summed E-state index contributed by atoms with van der Waals surface area (Å²) in [4.78, 5) is 13.7. The summed E-state index contributed by atoms with van der Waals surface area (Å²) in [5.41, 5.74) is 2.75. The van der Waals surface area contributed by atoms with Crippen LogP contribution in [0.25, 0.3) is 16.9 Å². The predicted molar refractivity (Wildman–Crippen MR) is 69.6 cm³/mol. The first-order chi connectivity index (χ1) is 8.84. The van der Waals surface area contributed by atoms with Crippen LogP contribution in [0.15, 0.2) is 65.7 Å². The molecule has 18 heavy (non-hydrogen) atoms. The van der Waals surface area contributed by atoms with Crippen molar-refractivity contribution in [3.8, 4) is 16.9 Å². The lowest BCUT2D eigenvalue weighted by Gasteiger charge is -2.06. The van der Waals surface area contributed by atoms with E-state index in [1.165, 1.54) is 6.07 Å². The number of hydrogen-bond acceptors (Lipinski definition) is 2. The third-order valence-corrected chi connectivity index (χ3v) is 2.72. The van der Waals surface area contributed by atoms with Crippen LogP contribution in [0, 0.1) is 0 Å². The van der Waals surface area contributed by atoms with Gasteiger partial charge in [-0.3, -0.25) is 4.79 Å². The van der Waals surface area contributed by atoms with Crippen LogP contribution in [0.5, 0.6) is 0 Å². The summed E-state index contributed by atoms with van der Waals surface area (Å²) in [6, 6.07) is 15.1. The number of nitrogens with one attached hydrogen (secondary N) is 1. The Morgan fingerprint density at radius 3 is 2.56 bits per heavy atom. The number of pyridine rings is 1. The van der Waals surface area contributed by atoms with Crippen molar-refractivity contribution in [1.29, 1.82) is 0 Å². The molecule has 0 atom stereocenters. The molecule has 1 aromatic carbocycles. The molecule has 0 radical (unpaired) electrons. The van der Waals surface area contributed by atoms with Gasteiger partial charge in [0.15, 0.2) is 0 Å². The molecule has 0 amide bonds. The average Bonchev–Trinajstić information content (AvgIpc) is 2.90. The van der Waals surface area contributed by atoms with Crippen molar-refractivity contribution in [1.82, 2.24) is 14.8 Å². The van der Waals surface area contributed by atoms with Crippen LogP contribution < -0.4 is 5.56 Å². The first-order valence-electron chi connectivity index (χ1n) is 5.63. The molecule has 0 bridgehead atoms. The Morgan fingerprint density at radius 2 is 1.83 bits per heavy atom. The van der Waals surface area contributed by atoms with Crippen LogP contribution in [-0.4, -0.2) is 14.8 Å². The van der Waals surface area contributed by atoms with Gasteiger partial charge in [-0.1, -0.05) is 18.2 Å². The first-order valence-corrected chi connectivity index (χ1v) is 5.63. The number of hydrogen-bond donors (Lipinski definition) is 1. The molecule has 4 nitrogen and oxygen atoms in total. The van der Waals surface area contributed by atoms with Crippen LogP contribution >= 0.6 is 0 Å². The minimum absolute atomic E-state index is 0.107. The summed E-state index contributed by atoms with van der Waals surface area (Å²) >= 11 is 0. The van der Waals surface area contributed by atoms with Gasteiger partial charge in [0.1, 0.15) is 0 Å². The molecule has 0 aliphatic carbocycles. The maximum Gasteiger partial charge on any atom is 0.247 e. The highest BCUT2D eigenvalue weighted by molar-refractivity contribution is 5.60. The molecule has 0 unspecified atom stereocenters. The van der Waals surface area contributed by atoms with Crippen molar-refractivity contribution in [3.63, 3.8) is 0 Å². The Kier molecular flexibility index (Phi) is 2.53. The number of H-pyrrole nitrogens is 1. The first kappa shape index (κ1) is 10.5. The van der Waals surface area contributed by atoms with Gasteiger partial charge in [-0.2, -0.15) is 5.10 Å². The van der Waals surface area contributed by atoms with Gasteiger partial charge in [0.25, 0.3) is 0 Å².